The lowest BCUT2D eigenvalue weighted by Gasteiger charge is -2.09. The summed E-state index contributed by atoms with van der Waals surface area (Å²) in [5, 5.41) is 6.58. The van der Waals surface area contributed by atoms with Crippen molar-refractivity contribution in [1.29, 1.82) is 0 Å². The minimum Gasteiger partial charge on any atom is -0.383 e. The van der Waals surface area contributed by atoms with E-state index in [1.807, 2.05) is 31.2 Å². The van der Waals surface area contributed by atoms with Crippen molar-refractivity contribution in [1.82, 2.24) is 15.3 Å². The third-order valence-corrected chi connectivity index (χ3v) is 2.82. The summed E-state index contributed by atoms with van der Waals surface area (Å²) in [5.74, 6) is 0.854. The van der Waals surface area contributed by atoms with Gasteiger partial charge in [0.05, 0.1) is 23.3 Å². The number of ether oxygens (including phenoxy) is 1. The van der Waals surface area contributed by atoms with Gasteiger partial charge in [0.1, 0.15) is 5.82 Å². The highest BCUT2D eigenvalue weighted by Gasteiger charge is 2.03. The average Bonchev–Trinajstić information content (AvgIpc) is 2.43. The van der Waals surface area contributed by atoms with Crippen LogP contribution < -0.4 is 10.6 Å². The molecule has 5 nitrogen and oxygen atoms in total. The molecule has 0 saturated carbocycles. The zero-order valence-electron chi connectivity index (χ0n) is 11.4. The fourth-order valence-corrected chi connectivity index (χ4v) is 1.82. The quantitative estimate of drug-likeness (QED) is 0.740. The molecule has 2 aromatic rings. The Bertz CT molecular complexity index is 530. The second kappa shape index (κ2) is 7.01. The van der Waals surface area contributed by atoms with Crippen LogP contribution in [0, 0.1) is 6.92 Å². The van der Waals surface area contributed by atoms with Crippen molar-refractivity contribution in [2.24, 2.45) is 0 Å². The largest absolute Gasteiger partial charge is 0.383 e. The van der Waals surface area contributed by atoms with E-state index in [1.165, 1.54) is 0 Å². The van der Waals surface area contributed by atoms with E-state index in [1.54, 1.807) is 7.11 Å². The summed E-state index contributed by atoms with van der Waals surface area (Å²) in [6, 6.07) is 7.90. The van der Waals surface area contributed by atoms with Gasteiger partial charge in [0.2, 0.25) is 0 Å². The molecule has 1 aromatic heterocycles. The second-order valence-corrected chi connectivity index (χ2v) is 4.32. The summed E-state index contributed by atoms with van der Waals surface area (Å²) < 4.78 is 4.97. The van der Waals surface area contributed by atoms with Crippen LogP contribution in [0.2, 0.25) is 0 Å². The highest BCUT2D eigenvalue weighted by molar-refractivity contribution is 5.76. The standard InChI is InChI=1S/C14H20N4O/c1-11-14(16-8-7-15-9-10-19-2)18-13-6-4-3-5-12(13)17-11/h3-6,15H,7-10H2,1-2H3,(H,16,18). The summed E-state index contributed by atoms with van der Waals surface area (Å²) in [6.07, 6.45) is 0. The minimum absolute atomic E-state index is 0.731. The van der Waals surface area contributed by atoms with Crippen LogP contribution in [-0.2, 0) is 4.74 Å². The molecule has 0 spiro atoms. The van der Waals surface area contributed by atoms with Crippen molar-refractivity contribution in [2.45, 2.75) is 6.92 Å². The summed E-state index contributed by atoms with van der Waals surface area (Å²) in [5.41, 5.74) is 2.78. The number of hydrogen-bond donors (Lipinski definition) is 2. The van der Waals surface area contributed by atoms with E-state index in [2.05, 4.69) is 20.6 Å². The first-order valence-electron chi connectivity index (χ1n) is 6.48. The van der Waals surface area contributed by atoms with Gasteiger partial charge in [0.25, 0.3) is 0 Å². The number of aromatic nitrogens is 2. The van der Waals surface area contributed by atoms with Crippen LogP contribution in [0.15, 0.2) is 24.3 Å². The molecule has 1 heterocycles. The van der Waals surface area contributed by atoms with Gasteiger partial charge in [0, 0.05) is 26.7 Å². The molecular weight excluding hydrogens is 240 g/mol. The minimum atomic E-state index is 0.731. The van der Waals surface area contributed by atoms with Crippen LogP contribution in [0.5, 0.6) is 0 Å². The average molecular weight is 260 g/mol. The van der Waals surface area contributed by atoms with E-state index in [-0.39, 0.29) is 0 Å². The Hall–Kier alpha value is -1.72. The van der Waals surface area contributed by atoms with Gasteiger partial charge in [-0.15, -0.1) is 0 Å². The fourth-order valence-electron chi connectivity index (χ4n) is 1.82. The number of fused-ring (bicyclic) bond motifs is 1. The number of aryl methyl sites for hydroxylation is 1. The van der Waals surface area contributed by atoms with Gasteiger partial charge in [0.15, 0.2) is 0 Å². The SMILES string of the molecule is COCCNCCNc1nc2ccccc2nc1C. The molecule has 2 N–H and O–H groups in total. The van der Waals surface area contributed by atoms with E-state index in [9.17, 15) is 0 Å². The molecule has 19 heavy (non-hydrogen) atoms. The topological polar surface area (TPSA) is 59.1 Å². The first-order valence-corrected chi connectivity index (χ1v) is 6.48. The van der Waals surface area contributed by atoms with Gasteiger partial charge >= 0.3 is 0 Å². The van der Waals surface area contributed by atoms with Crippen LogP contribution >= 0.6 is 0 Å². The molecule has 0 bridgehead atoms. The Balaban J connectivity index is 1.91. The molecule has 0 aliphatic heterocycles. The molecule has 5 heteroatoms. The van der Waals surface area contributed by atoms with Gasteiger partial charge in [-0.1, -0.05) is 12.1 Å². The van der Waals surface area contributed by atoms with E-state index < -0.39 is 0 Å². The molecule has 0 radical (unpaired) electrons. The maximum absolute atomic E-state index is 4.97. The number of nitrogens with zero attached hydrogens (tertiary/aromatic N) is 2. The molecule has 0 aliphatic carbocycles. The number of nitrogens with one attached hydrogen (secondary N) is 2. The lowest BCUT2D eigenvalue weighted by molar-refractivity contribution is 0.200. The Morgan fingerprint density at radius 3 is 2.53 bits per heavy atom. The lowest BCUT2D eigenvalue weighted by atomic mass is 10.3. The molecule has 0 unspecified atom stereocenters. The Labute approximate surface area is 113 Å². The van der Waals surface area contributed by atoms with Crippen LogP contribution in [0.3, 0.4) is 0 Å². The van der Waals surface area contributed by atoms with Gasteiger partial charge in [-0.3, -0.25) is 0 Å². The van der Waals surface area contributed by atoms with Crippen molar-refractivity contribution in [3.8, 4) is 0 Å². The second-order valence-electron chi connectivity index (χ2n) is 4.32. The number of rotatable bonds is 7. The zero-order valence-corrected chi connectivity index (χ0v) is 11.4. The predicted octanol–water partition coefficient (Wildman–Crippen LogP) is 1.59. The first-order chi connectivity index (χ1) is 9.31. The molecule has 1 aromatic carbocycles. The molecule has 102 valence electrons. The summed E-state index contributed by atoms with van der Waals surface area (Å²) in [4.78, 5) is 9.12. The Morgan fingerprint density at radius 2 is 1.79 bits per heavy atom. The summed E-state index contributed by atoms with van der Waals surface area (Å²) >= 11 is 0. The third-order valence-electron chi connectivity index (χ3n) is 2.82. The molecule has 0 atom stereocenters. The van der Waals surface area contributed by atoms with Gasteiger partial charge in [-0.25, -0.2) is 9.97 Å². The Kier molecular flexibility index (Phi) is 5.06. The summed E-state index contributed by atoms with van der Waals surface area (Å²) in [7, 11) is 1.70. The van der Waals surface area contributed by atoms with Crippen molar-refractivity contribution in [3.05, 3.63) is 30.0 Å². The smallest absolute Gasteiger partial charge is 0.148 e. The van der Waals surface area contributed by atoms with Crippen LogP contribution in [0.1, 0.15) is 5.69 Å². The molecule has 0 fully saturated rings. The number of anilines is 1. The van der Waals surface area contributed by atoms with Crippen LogP contribution in [0.4, 0.5) is 5.82 Å². The maximum Gasteiger partial charge on any atom is 0.148 e. The van der Waals surface area contributed by atoms with Crippen LogP contribution in [0.25, 0.3) is 11.0 Å². The monoisotopic (exact) mass is 260 g/mol. The number of para-hydroxylation sites is 2. The highest BCUT2D eigenvalue weighted by Crippen LogP contribution is 2.15. The number of methoxy groups -OCH3 is 1. The van der Waals surface area contributed by atoms with Gasteiger partial charge < -0.3 is 15.4 Å². The third kappa shape index (κ3) is 3.87. The molecular formula is C14H20N4O. The van der Waals surface area contributed by atoms with E-state index >= 15 is 0 Å². The number of hydrogen-bond acceptors (Lipinski definition) is 5. The number of benzene rings is 1. The molecule has 0 amide bonds. The summed E-state index contributed by atoms with van der Waals surface area (Å²) in [6.45, 7) is 5.25. The predicted molar refractivity (Wildman–Crippen MR) is 77.5 cm³/mol. The van der Waals surface area contributed by atoms with E-state index in [4.69, 9.17) is 4.74 Å². The Morgan fingerprint density at radius 1 is 1.05 bits per heavy atom. The highest BCUT2D eigenvalue weighted by atomic mass is 16.5. The zero-order chi connectivity index (χ0) is 13.5. The normalized spacial score (nSPS) is 10.8. The first kappa shape index (κ1) is 13.7. The van der Waals surface area contributed by atoms with Crippen LogP contribution in [-0.4, -0.2) is 43.3 Å². The van der Waals surface area contributed by atoms with Crippen molar-refractivity contribution in [3.63, 3.8) is 0 Å². The van der Waals surface area contributed by atoms with E-state index in [0.717, 1.165) is 48.8 Å². The van der Waals surface area contributed by atoms with Crippen molar-refractivity contribution >= 4 is 16.9 Å². The van der Waals surface area contributed by atoms with E-state index in [0.29, 0.717) is 0 Å². The fraction of sp³-hybridized carbons (Fsp3) is 0.429. The maximum atomic E-state index is 4.97. The van der Waals surface area contributed by atoms with Gasteiger partial charge in [-0.2, -0.15) is 0 Å². The molecule has 0 saturated heterocycles. The van der Waals surface area contributed by atoms with Crippen molar-refractivity contribution in [2.75, 3.05) is 38.7 Å². The molecule has 0 aliphatic rings. The van der Waals surface area contributed by atoms with Crippen molar-refractivity contribution < 1.29 is 4.74 Å². The lowest BCUT2D eigenvalue weighted by Crippen LogP contribution is -2.25. The molecule has 2 rings (SSSR count). The van der Waals surface area contributed by atoms with Gasteiger partial charge in [-0.05, 0) is 19.1 Å².